The number of ether oxygens (including phenoxy) is 1. The first-order valence-corrected chi connectivity index (χ1v) is 10.7. The van der Waals surface area contributed by atoms with Crippen molar-refractivity contribution in [3.8, 4) is 11.5 Å². The first kappa shape index (κ1) is 20.4. The van der Waals surface area contributed by atoms with Gasteiger partial charge in [-0.1, -0.05) is 62.7 Å². The summed E-state index contributed by atoms with van der Waals surface area (Å²) in [5.41, 5.74) is 5.99. The van der Waals surface area contributed by atoms with Gasteiger partial charge in [0.05, 0.1) is 5.71 Å². The van der Waals surface area contributed by atoms with Gasteiger partial charge in [0.15, 0.2) is 0 Å². The van der Waals surface area contributed by atoms with Crippen molar-refractivity contribution in [1.82, 2.24) is 0 Å². The van der Waals surface area contributed by atoms with Gasteiger partial charge in [-0.15, -0.1) is 0 Å². The lowest BCUT2D eigenvalue weighted by Gasteiger charge is -2.19. The third-order valence-electron chi connectivity index (χ3n) is 5.28. The Balaban J connectivity index is 1.51. The van der Waals surface area contributed by atoms with E-state index < -0.39 is 0 Å². The zero-order valence-electron chi connectivity index (χ0n) is 17.7. The van der Waals surface area contributed by atoms with E-state index in [1.807, 2.05) is 42.5 Å². The number of fused-ring (bicyclic) bond motifs is 1. The Morgan fingerprint density at radius 2 is 1.57 bits per heavy atom. The molecule has 0 fully saturated rings. The Kier molecular flexibility index (Phi) is 5.78. The van der Waals surface area contributed by atoms with Crippen molar-refractivity contribution >= 4 is 23.4 Å². The van der Waals surface area contributed by atoms with Crippen LogP contribution in [0.5, 0.6) is 11.5 Å². The molecule has 0 aromatic heterocycles. The van der Waals surface area contributed by atoms with Crippen LogP contribution in [0.2, 0.25) is 5.02 Å². The van der Waals surface area contributed by atoms with Crippen LogP contribution in [0.3, 0.4) is 0 Å². The summed E-state index contributed by atoms with van der Waals surface area (Å²) in [5, 5.41) is 0.744. The average Bonchev–Trinajstić information content (AvgIpc) is 2.73. The summed E-state index contributed by atoms with van der Waals surface area (Å²) in [7, 11) is 0. The highest BCUT2D eigenvalue weighted by Gasteiger charge is 2.15. The van der Waals surface area contributed by atoms with Gasteiger partial charge in [-0.05, 0) is 77.1 Å². The zero-order valence-corrected chi connectivity index (χ0v) is 18.4. The Morgan fingerprint density at radius 3 is 2.27 bits per heavy atom. The largest absolute Gasteiger partial charge is 0.457 e. The number of aliphatic imine (C=N–C) groups is 1. The summed E-state index contributed by atoms with van der Waals surface area (Å²) in [6.45, 7) is 7.43. The van der Waals surface area contributed by atoms with Crippen LogP contribution in [-0.4, -0.2) is 12.3 Å². The minimum atomic E-state index is 0.139. The van der Waals surface area contributed by atoms with Crippen LogP contribution in [0.15, 0.2) is 77.8 Å². The van der Waals surface area contributed by atoms with Crippen LogP contribution in [0.4, 0.5) is 0 Å². The van der Waals surface area contributed by atoms with Crippen LogP contribution < -0.4 is 4.74 Å². The molecule has 152 valence electrons. The summed E-state index contributed by atoms with van der Waals surface area (Å²) in [6.07, 6.45) is 5.08. The molecule has 0 spiro atoms. The van der Waals surface area contributed by atoms with Gasteiger partial charge < -0.3 is 4.74 Å². The van der Waals surface area contributed by atoms with Crippen molar-refractivity contribution in [1.29, 1.82) is 0 Å². The molecule has 0 unspecified atom stereocenters. The highest BCUT2D eigenvalue weighted by atomic mass is 35.5. The van der Waals surface area contributed by atoms with Crippen molar-refractivity contribution in [3.05, 3.63) is 100 Å². The minimum absolute atomic E-state index is 0.139. The van der Waals surface area contributed by atoms with E-state index in [4.69, 9.17) is 21.3 Å². The molecule has 2 nitrogen and oxygen atoms in total. The van der Waals surface area contributed by atoms with Crippen LogP contribution in [0.1, 0.15) is 43.0 Å². The minimum Gasteiger partial charge on any atom is -0.457 e. The normalized spacial score (nSPS) is 13.8. The predicted molar refractivity (Wildman–Crippen MR) is 127 cm³/mol. The molecule has 1 aliphatic heterocycles. The van der Waals surface area contributed by atoms with E-state index >= 15 is 0 Å². The molecule has 3 aromatic rings. The van der Waals surface area contributed by atoms with Crippen LogP contribution >= 0.6 is 11.6 Å². The molecule has 1 heterocycles. The van der Waals surface area contributed by atoms with Crippen LogP contribution in [-0.2, 0) is 11.8 Å². The average molecular weight is 416 g/mol. The molecule has 0 atom stereocenters. The molecule has 0 aliphatic carbocycles. The molecule has 0 radical (unpaired) electrons. The molecule has 4 rings (SSSR count). The molecule has 3 aromatic carbocycles. The van der Waals surface area contributed by atoms with E-state index in [-0.39, 0.29) is 5.41 Å². The highest BCUT2D eigenvalue weighted by Crippen LogP contribution is 2.29. The quantitative estimate of drug-likeness (QED) is 0.432. The molecular formula is C27H26ClNO. The highest BCUT2D eigenvalue weighted by molar-refractivity contribution is 6.30. The van der Waals surface area contributed by atoms with Gasteiger partial charge >= 0.3 is 0 Å². The molecule has 30 heavy (non-hydrogen) atoms. The number of hydrogen-bond acceptors (Lipinski definition) is 2. The number of rotatable bonds is 4. The molecule has 0 amide bonds. The molecular weight excluding hydrogens is 390 g/mol. The van der Waals surface area contributed by atoms with Crippen LogP contribution in [0, 0.1) is 0 Å². The molecule has 0 saturated carbocycles. The van der Waals surface area contributed by atoms with Crippen molar-refractivity contribution in [2.75, 3.05) is 6.54 Å². The molecule has 0 saturated heterocycles. The Hall–Kier alpha value is -2.84. The predicted octanol–water partition coefficient (Wildman–Crippen LogP) is 7.49. The van der Waals surface area contributed by atoms with E-state index in [1.54, 1.807) is 0 Å². The number of halogens is 1. The van der Waals surface area contributed by atoms with Gasteiger partial charge in [0.2, 0.25) is 0 Å². The fraction of sp³-hybridized carbons (Fsp3) is 0.222. The van der Waals surface area contributed by atoms with Crippen molar-refractivity contribution in [2.24, 2.45) is 4.99 Å². The van der Waals surface area contributed by atoms with Gasteiger partial charge in [0, 0.05) is 17.1 Å². The van der Waals surface area contributed by atoms with Gasteiger partial charge in [-0.3, -0.25) is 4.99 Å². The third-order valence-corrected chi connectivity index (χ3v) is 5.53. The number of hydrogen-bond donors (Lipinski definition) is 0. The maximum absolute atomic E-state index is 6.12. The fourth-order valence-electron chi connectivity index (χ4n) is 3.52. The standard InChI is InChI=1S/C27H26ClNO/c1-27(2,3)21-7-11-23(12-8-21)30-24-13-14-25-20(18-24)16-17-29-26(25)15-6-19-4-9-22(28)10-5-19/h4-15,18H,16-17H2,1-3H3/b15-6+. The zero-order chi connectivity index (χ0) is 21.1. The van der Waals surface area contributed by atoms with Gasteiger partial charge in [0.1, 0.15) is 11.5 Å². The molecule has 3 heteroatoms. The maximum atomic E-state index is 6.12. The summed E-state index contributed by atoms with van der Waals surface area (Å²) in [5.74, 6) is 1.72. The second-order valence-corrected chi connectivity index (χ2v) is 9.03. The summed E-state index contributed by atoms with van der Waals surface area (Å²) >= 11 is 5.97. The van der Waals surface area contributed by atoms with E-state index in [0.29, 0.717) is 0 Å². The van der Waals surface area contributed by atoms with E-state index in [9.17, 15) is 0 Å². The number of allylic oxidation sites excluding steroid dienone is 1. The van der Waals surface area contributed by atoms with Crippen molar-refractivity contribution in [3.63, 3.8) is 0 Å². The molecule has 1 aliphatic rings. The lowest BCUT2D eigenvalue weighted by atomic mass is 9.87. The van der Waals surface area contributed by atoms with E-state index in [2.05, 4.69) is 57.2 Å². The van der Waals surface area contributed by atoms with Gasteiger partial charge in [-0.2, -0.15) is 0 Å². The second-order valence-electron chi connectivity index (χ2n) is 8.60. The third kappa shape index (κ3) is 4.83. The fourth-order valence-corrected chi connectivity index (χ4v) is 3.65. The number of nitrogens with zero attached hydrogens (tertiary/aromatic N) is 1. The van der Waals surface area contributed by atoms with Gasteiger partial charge in [0.25, 0.3) is 0 Å². The number of benzene rings is 3. The second kappa shape index (κ2) is 8.49. The van der Waals surface area contributed by atoms with Gasteiger partial charge in [-0.25, -0.2) is 0 Å². The van der Waals surface area contributed by atoms with Crippen molar-refractivity contribution in [2.45, 2.75) is 32.6 Å². The lowest BCUT2D eigenvalue weighted by molar-refractivity contribution is 0.480. The van der Waals surface area contributed by atoms with Crippen molar-refractivity contribution < 1.29 is 4.74 Å². The maximum Gasteiger partial charge on any atom is 0.127 e. The smallest absolute Gasteiger partial charge is 0.127 e. The van der Waals surface area contributed by atoms with E-state index in [1.165, 1.54) is 16.7 Å². The summed E-state index contributed by atoms with van der Waals surface area (Å²) in [6, 6.07) is 22.4. The van der Waals surface area contributed by atoms with Crippen LogP contribution in [0.25, 0.3) is 6.08 Å². The summed E-state index contributed by atoms with van der Waals surface area (Å²) in [4.78, 5) is 4.71. The Bertz CT molecular complexity index is 1090. The lowest BCUT2D eigenvalue weighted by Crippen LogP contribution is -2.11. The topological polar surface area (TPSA) is 21.6 Å². The first-order chi connectivity index (χ1) is 14.4. The Morgan fingerprint density at radius 1 is 0.867 bits per heavy atom. The van der Waals surface area contributed by atoms with E-state index in [0.717, 1.165) is 40.8 Å². The monoisotopic (exact) mass is 415 g/mol. The summed E-state index contributed by atoms with van der Waals surface area (Å²) < 4.78 is 6.12. The SMILES string of the molecule is CC(C)(C)c1ccc(Oc2ccc3c(c2)CCN=C3/C=C/c2ccc(Cl)cc2)cc1. The molecule has 0 bridgehead atoms. The molecule has 0 N–H and O–H groups in total. The Labute approximate surface area is 183 Å². The first-order valence-electron chi connectivity index (χ1n) is 10.3.